The van der Waals surface area contributed by atoms with Crippen LogP contribution in [0.15, 0.2) is 81.9 Å². The van der Waals surface area contributed by atoms with Crippen LogP contribution in [0.5, 0.6) is 5.88 Å². The number of pyridine rings is 1. The Hall–Kier alpha value is -3.72. The number of anilines is 1. The molecule has 0 atom stereocenters. The van der Waals surface area contributed by atoms with Crippen LogP contribution in [0.1, 0.15) is 5.56 Å². The highest BCUT2D eigenvalue weighted by Gasteiger charge is 2.15. The quantitative estimate of drug-likeness (QED) is 0.268. The van der Waals surface area contributed by atoms with Crippen molar-refractivity contribution in [3.63, 3.8) is 0 Å². The SMILES string of the molecule is CN1CCN(c2ccc(N=Cc3c(O)[nH]c(=O)c4ccc(-c5ccc(-c6cccs6)s5)cc34)cc2)CC1. The van der Waals surface area contributed by atoms with E-state index in [-0.39, 0.29) is 11.4 Å². The number of benzene rings is 2. The van der Waals surface area contributed by atoms with Gasteiger partial charge in [-0.1, -0.05) is 12.1 Å². The summed E-state index contributed by atoms with van der Waals surface area (Å²) in [7, 11) is 2.15. The largest absolute Gasteiger partial charge is 0.494 e. The number of aliphatic imine (C=N–C) groups is 1. The second-order valence-electron chi connectivity index (χ2n) is 9.18. The molecule has 0 amide bonds. The molecule has 1 aliphatic rings. The first-order valence-corrected chi connectivity index (χ1v) is 13.9. The Balaban J connectivity index is 1.31. The minimum absolute atomic E-state index is 0.182. The third-order valence-electron chi connectivity index (χ3n) is 6.76. The second-order valence-corrected chi connectivity index (χ2v) is 11.2. The van der Waals surface area contributed by atoms with Gasteiger partial charge in [0.15, 0.2) is 0 Å². The van der Waals surface area contributed by atoms with E-state index in [1.165, 1.54) is 15.4 Å². The van der Waals surface area contributed by atoms with E-state index in [0.29, 0.717) is 16.3 Å². The van der Waals surface area contributed by atoms with E-state index in [1.54, 1.807) is 28.9 Å². The summed E-state index contributed by atoms with van der Waals surface area (Å²) in [6.45, 7) is 4.14. The lowest BCUT2D eigenvalue weighted by atomic mass is 10.0. The summed E-state index contributed by atoms with van der Waals surface area (Å²) in [6, 6.07) is 22.3. The van der Waals surface area contributed by atoms with Gasteiger partial charge in [0.25, 0.3) is 5.56 Å². The molecule has 1 saturated heterocycles. The summed E-state index contributed by atoms with van der Waals surface area (Å²) < 4.78 is 0. The molecule has 0 saturated carbocycles. The van der Waals surface area contributed by atoms with E-state index < -0.39 is 0 Å². The zero-order valence-corrected chi connectivity index (χ0v) is 22.0. The van der Waals surface area contributed by atoms with Crippen molar-refractivity contribution in [2.75, 3.05) is 38.1 Å². The Labute approximate surface area is 222 Å². The van der Waals surface area contributed by atoms with Crippen molar-refractivity contribution in [1.29, 1.82) is 0 Å². The van der Waals surface area contributed by atoms with Gasteiger partial charge in [-0.2, -0.15) is 0 Å². The molecule has 0 bridgehead atoms. The number of aromatic amines is 1. The molecule has 0 aliphatic carbocycles. The highest BCUT2D eigenvalue weighted by atomic mass is 32.1. The Morgan fingerprint density at radius 3 is 2.46 bits per heavy atom. The predicted octanol–water partition coefficient (Wildman–Crippen LogP) is 6.19. The number of aromatic hydroxyl groups is 1. The molecule has 5 aromatic rings. The van der Waals surface area contributed by atoms with E-state index in [2.05, 4.69) is 68.6 Å². The van der Waals surface area contributed by atoms with Crippen LogP contribution in [0.2, 0.25) is 0 Å². The van der Waals surface area contributed by atoms with Crippen molar-refractivity contribution in [2.45, 2.75) is 0 Å². The number of nitrogens with one attached hydrogen (secondary N) is 1. The summed E-state index contributed by atoms with van der Waals surface area (Å²) >= 11 is 3.43. The van der Waals surface area contributed by atoms with Gasteiger partial charge < -0.3 is 14.9 Å². The number of nitrogens with zero attached hydrogens (tertiary/aromatic N) is 3. The molecule has 186 valence electrons. The molecule has 2 N–H and O–H groups in total. The molecule has 1 fully saturated rings. The fourth-order valence-electron chi connectivity index (χ4n) is 4.62. The van der Waals surface area contributed by atoms with Crippen molar-refractivity contribution in [3.05, 3.63) is 88.0 Å². The van der Waals surface area contributed by atoms with Gasteiger partial charge in [-0.05, 0) is 72.6 Å². The highest BCUT2D eigenvalue weighted by molar-refractivity contribution is 7.23. The van der Waals surface area contributed by atoms with Crippen LogP contribution in [0.25, 0.3) is 31.0 Å². The number of piperazine rings is 1. The van der Waals surface area contributed by atoms with Gasteiger partial charge >= 0.3 is 0 Å². The molecule has 0 unspecified atom stereocenters. The van der Waals surface area contributed by atoms with Gasteiger partial charge in [0.2, 0.25) is 5.88 Å². The van der Waals surface area contributed by atoms with E-state index in [9.17, 15) is 9.90 Å². The van der Waals surface area contributed by atoms with E-state index in [0.717, 1.165) is 42.3 Å². The van der Waals surface area contributed by atoms with Crippen LogP contribution in [-0.2, 0) is 0 Å². The summed E-state index contributed by atoms with van der Waals surface area (Å²) in [5.41, 5.74) is 3.14. The van der Waals surface area contributed by atoms with Gasteiger partial charge in [0.1, 0.15) is 0 Å². The number of fused-ring (bicyclic) bond motifs is 1. The van der Waals surface area contributed by atoms with Crippen molar-refractivity contribution in [3.8, 4) is 26.1 Å². The van der Waals surface area contributed by atoms with Crippen LogP contribution in [-0.4, -0.2) is 54.4 Å². The number of hydrogen-bond donors (Lipinski definition) is 2. The minimum Gasteiger partial charge on any atom is -0.494 e. The van der Waals surface area contributed by atoms with Gasteiger partial charge in [0, 0.05) is 63.5 Å². The molecular weight excluding hydrogens is 500 g/mol. The smallest absolute Gasteiger partial charge is 0.258 e. The molecule has 0 radical (unpaired) electrons. The van der Waals surface area contributed by atoms with Crippen molar-refractivity contribution < 1.29 is 5.11 Å². The normalized spacial score (nSPS) is 14.7. The van der Waals surface area contributed by atoms with Crippen LogP contribution < -0.4 is 10.5 Å². The van der Waals surface area contributed by atoms with Crippen molar-refractivity contribution in [1.82, 2.24) is 9.88 Å². The van der Waals surface area contributed by atoms with Gasteiger partial charge in [-0.3, -0.25) is 14.8 Å². The molecule has 0 spiro atoms. The fraction of sp³-hybridized carbons (Fsp3) is 0.172. The second kappa shape index (κ2) is 9.97. The first-order valence-electron chi connectivity index (χ1n) is 12.2. The Kier molecular flexibility index (Phi) is 6.38. The average molecular weight is 527 g/mol. The van der Waals surface area contributed by atoms with Crippen LogP contribution in [0, 0.1) is 0 Å². The van der Waals surface area contributed by atoms with Gasteiger partial charge in [-0.25, -0.2) is 0 Å². The van der Waals surface area contributed by atoms with Crippen LogP contribution >= 0.6 is 22.7 Å². The maximum atomic E-state index is 12.6. The van der Waals surface area contributed by atoms with E-state index in [4.69, 9.17) is 0 Å². The molecule has 8 heteroatoms. The number of aromatic nitrogens is 1. The number of thiophene rings is 2. The van der Waals surface area contributed by atoms with Gasteiger partial charge in [-0.15, -0.1) is 22.7 Å². The molecule has 6 nitrogen and oxygen atoms in total. The summed E-state index contributed by atoms with van der Waals surface area (Å²) in [5, 5.41) is 13.9. The Morgan fingerprint density at radius 1 is 0.919 bits per heavy atom. The van der Waals surface area contributed by atoms with Crippen molar-refractivity contribution in [2.24, 2.45) is 4.99 Å². The molecule has 2 aromatic carbocycles. The summed E-state index contributed by atoms with van der Waals surface area (Å²) in [6.07, 6.45) is 1.63. The zero-order valence-electron chi connectivity index (χ0n) is 20.3. The first kappa shape index (κ1) is 23.7. The topological polar surface area (TPSA) is 71.9 Å². The fourth-order valence-corrected chi connectivity index (χ4v) is 6.45. The van der Waals surface area contributed by atoms with E-state index in [1.807, 2.05) is 30.3 Å². The molecule has 37 heavy (non-hydrogen) atoms. The lowest BCUT2D eigenvalue weighted by Crippen LogP contribution is -2.44. The zero-order chi connectivity index (χ0) is 25.4. The lowest BCUT2D eigenvalue weighted by molar-refractivity contribution is 0.313. The number of H-pyrrole nitrogens is 1. The monoisotopic (exact) mass is 526 g/mol. The number of hydrogen-bond acceptors (Lipinski definition) is 7. The molecule has 6 rings (SSSR count). The average Bonchev–Trinajstić information content (AvgIpc) is 3.62. The third-order valence-corrected chi connectivity index (χ3v) is 8.96. The number of likely N-dealkylation sites (N-methyl/N-ethyl adjacent to an activating group) is 1. The maximum absolute atomic E-state index is 12.6. The minimum atomic E-state index is -0.321. The Bertz CT molecular complexity index is 1630. The number of rotatable bonds is 5. The van der Waals surface area contributed by atoms with Gasteiger partial charge in [0.05, 0.1) is 11.3 Å². The highest BCUT2D eigenvalue weighted by Crippen LogP contribution is 2.37. The third kappa shape index (κ3) is 4.83. The first-order chi connectivity index (χ1) is 18.0. The standard InChI is InChI=1S/C29H26N4O2S2/c1-32-12-14-33(15-13-32)21-7-5-20(6-8-21)30-18-24-23-17-19(4-9-22(23)28(34)31-29(24)35)25-10-11-27(37-25)26-3-2-16-36-26/h2-11,16-18H,12-15H2,1H3,(H2,31,34,35). The predicted molar refractivity (Wildman–Crippen MR) is 156 cm³/mol. The molecule has 3 aromatic heterocycles. The summed E-state index contributed by atoms with van der Waals surface area (Å²) in [4.78, 5) is 28.0. The van der Waals surface area contributed by atoms with E-state index >= 15 is 0 Å². The lowest BCUT2D eigenvalue weighted by Gasteiger charge is -2.34. The van der Waals surface area contributed by atoms with Crippen LogP contribution in [0.4, 0.5) is 11.4 Å². The maximum Gasteiger partial charge on any atom is 0.258 e. The summed E-state index contributed by atoms with van der Waals surface area (Å²) in [5.74, 6) is -0.182. The molecule has 1 aliphatic heterocycles. The molecular formula is C29H26N4O2S2. The van der Waals surface area contributed by atoms with Crippen molar-refractivity contribution >= 4 is 51.0 Å². The molecule has 4 heterocycles. The Morgan fingerprint density at radius 2 is 1.70 bits per heavy atom. The van der Waals surface area contributed by atoms with Crippen LogP contribution in [0.3, 0.4) is 0 Å².